The molecule has 1 N–H and O–H groups in total. The molecule has 2 rings (SSSR count). The lowest BCUT2D eigenvalue weighted by atomic mass is 10.2. The highest BCUT2D eigenvalue weighted by molar-refractivity contribution is 5.80. The number of rotatable bonds is 4. The summed E-state index contributed by atoms with van der Waals surface area (Å²) in [5.41, 5.74) is 0.961. The van der Waals surface area contributed by atoms with Crippen LogP contribution >= 0.6 is 0 Å². The van der Waals surface area contributed by atoms with E-state index < -0.39 is 0 Å². The van der Waals surface area contributed by atoms with Crippen LogP contribution in [0.1, 0.15) is 18.4 Å². The Hall–Kier alpha value is -1.62. The minimum Gasteiger partial charge on any atom is -0.481 e. The SMILES string of the molecule is COc1cc(CNC(=O)[C@H]2CCCO2)ccn1. The lowest BCUT2D eigenvalue weighted by molar-refractivity contribution is -0.130. The van der Waals surface area contributed by atoms with Crippen molar-refractivity contribution in [1.29, 1.82) is 0 Å². The molecule has 2 heterocycles. The van der Waals surface area contributed by atoms with Gasteiger partial charge in [-0.1, -0.05) is 0 Å². The molecule has 0 radical (unpaired) electrons. The number of nitrogens with zero attached hydrogens (tertiary/aromatic N) is 1. The van der Waals surface area contributed by atoms with Gasteiger partial charge in [0.05, 0.1) is 7.11 Å². The highest BCUT2D eigenvalue weighted by atomic mass is 16.5. The zero-order valence-corrected chi connectivity index (χ0v) is 9.81. The first-order valence-electron chi connectivity index (χ1n) is 5.68. The molecule has 0 aliphatic carbocycles. The van der Waals surface area contributed by atoms with Gasteiger partial charge < -0.3 is 14.8 Å². The molecule has 1 aromatic heterocycles. The fourth-order valence-electron chi connectivity index (χ4n) is 1.76. The van der Waals surface area contributed by atoms with Gasteiger partial charge in [0.25, 0.3) is 0 Å². The van der Waals surface area contributed by atoms with Gasteiger partial charge in [-0.25, -0.2) is 4.98 Å². The number of nitrogens with one attached hydrogen (secondary N) is 1. The number of pyridine rings is 1. The third-order valence-corrected chi connectivity index (χ3v) is 2.70. The minimum atomic E-state index is -0.279. The number of methoxy groups -OCH3 is 1. The Labute approximate surface area is 100 Å². The topological polar surface area (TPSA) is 60.5 Å². The molecule has 5 nitrogen and oxygen atoms in total. The van der Waals surface area contributed by atoms with Crippen LogP contribution in [0.15, 0.2) is 18.3 Å². The van der Waals surface area contributed by atoms with Crippen LogP contribution in [0.25, 0.3) is 0 Å². The van der Waals surface area contributed by atoms with Gasteiger partial charge in [-0.15, -0.1) is 0 Å². The first kappa shape index (κ1) is 11.9. The third kappa shape index (κ3) is 3.17. The molecule has 92 valence electrons. The molecule has 0 spiro atoms. The largest absolute Gasteiger partial charge is 0.481 e. The van der Waals surface area contributed by atoms with Crippen molar-refractivity contribution in [2.24, 2.45) is 0 Å². The van der Waals surface area contributed by atoms with Crippen LogP contribution in [0.3, 0.4) is 0 Å². The summed E-state index contributed by atoms with van der Waals surface area (Å²) < 4.78 is 10.3. The standard InChI is InChI=1S/C12H16N2O3/c1-16-11-7-9(4-5-13-11)8-14-12(15)10-3-2-6-17-10/h4-5,7,10H,2-3,6,8H2,1H3,(H,14,15)/t10-/m1/s1. The molecule has 1 atom stereocenters. The molecule has 1 aliphatic rings. The van der Waals surface area contributed by atoms with Gasteiger partial charge in [0, 0.05) is 25.4 Å². The number of carbonyl (C=O) groups is 1. The Morgan fingerprint density at radius 2 is 2.59 bits per heavy atom. The lowest BCUT2D eigenvalue weighted by Crippen LogP contribution is -2.33. The average Bonchev–Trinajstić information content (AvgIpc) is 2.90. The van der Waals surface area contributed by atoms with E-state index in [9.17, 15) is 4.79 Å². The van der Waals surface area contributed by atoms with Crippen molar-refractivity contribution < 1.29 is 14.3 Å². The van der Waals surface area contributed by atoms with E-state index in [0.29, 0.717) is 19.0 Å². The first-order valence-corrected chi connectivity index (χ1v) is 5.68. The number of aromatic nitrogens is 1. The van der Waals surface area contributed by atoms with Crippen LogP contribution in [-0.4, -0.2) is 30.7 Å². The van der Waals surface area contributed by atoms with Gasteiger partial charge in [-0.3, -0.25) is 4.79 Å². The molecular weight excluding hydrogens is 220 g/mol. The number of carbonyl (C=O) groups excluding carboxylic acids is 1. The van der Waals surface area contributed by atoms with Crippen LogP contribution in [0, 0.1) is 0 Å². The molecule has 5 heteroatoms. The normalized spacial score (nSPS) is 19.0. The monoisotopic (exact) mass is 236 g/mol. The smallest absolute Gasteiger partial charge is 0.249 e. The number of ether oxygens (including phenoxy) is 2. The molecule has 0 bridgehead atoms. The molecule has 1 fully saturated rings. The van der Waals surface area contributed by atoms with Gasteiger partial charge in [-0.2, -0.15) is 0 Å². The minimum absolute atomic E-state index is 0.0433. The van der Waals surface area contributed by atoms with E-state index in [1.54, 1.807) is 19.4 Å². The zero-order valence-electron chi connectivity index (χ0n) is 9.81. The number of hydrogen-bond acceptors (Lipinski definition) is 4. The molecule has 1 aliphatic heterocycles. The first-order chi connectivity index (χ1) is 8.29. The predicted octanol–water partition coefficient (Wildman–Crippen LogP) is 0.885. The summed E-state index contributed by atoms with van der Waals surface area (Å²) in [7, 11) is 1.57. The Kier molecular flexibility index (Phi) is 3.93. The summed E-state index contributed by atoms with van der Waals surface area (Å²) >= 11 is 0. The number of amides is 1. The molecule has 0 saturated carbocycles. The van der Waals surface area contributed by atoms with E-state index in [1.165, 1.54) is 0 Å². The Morgan fingerprint density at radius 3 is 3.29 bits per heavy atom. The maximum atomic E-state index is 11.7. The Bertz CT molecular complexity index is 389. The molecule has 17 heavy (non-hydrogen) atoms. The van der Waals surface area contributed by atoms with Crippen LogP contribution in [0.4, 0.5) is 0 Å². The van der Waals surface area contributed by atoms with E-state index in [4.69, 9.17) is 9.47 Å². The second-order valence-electron chi connectivity index (χ2n) is 3.93. The van der Waals surface area contributed by atoms with E-state index in [-0.39, 0.29) is 12.0 Å². The third-order valence-electron chi connectivity index (χ3n) is 2.70. The van der Waals surface area contributed by atoms with Crippen LogP contribution in [-0.2, 0) is 16.1 Å². The van der Waals surface area contributed by atoms with Crippen molar-refractivity contribution in [3.63, 3.8) is 0 Å². The summed E-state index contributed by atoms with van der Waals surface area (Å²) in [5.74, 6) is 0.507. The highest BCUT2D eigenvalue weighted by Gasteiger charge is 2.22. The summed E-state index contributed by atoms with van der Waals surface area (Å²) in [6.07, 6.45) is 3.15. The average molecular weight is 236 g/mol. The van der Waals surface area contributed by atoms with E-state index in [0.717, 1.165) is 18.4 Å². The van der Waals surface area contributed by atoms with Crippen molar-refractivity contribution >= 4 is 5.91 Å². The van der Waals surface area contributed by atoms with Crippen molar-refractivity contribution in [2.75, 3.05) is 13.7 Å². The highest BCUT2D eigenvalue weighted by Crippen LogP contribution is 2.12. The molecule has 0 aromatic carbocycles. The van der Waals surface area contributed by atoms with Crippen molar-refractivity contribution in [1.82, 2.24) is 10.3 Å². The van der Waals surface area contributed by atoms with Gasteiger partial charge >= 0.3 is 0 Å². The number of hydrogen-bond donors (Lipinski definition) is 1. The fourth-order valence-corrected chi connectivity index (χ4v) is 1.76. The van der Waals surface area contributed by atoms with Crippen molar-refractivity contribution in [3.8, 4) is 5.88 Å². The Balaban J connectivity index is 1.86. The van der Waals surface area contributed by atoms with Crippen LogP contribution < -0.4 is 10.1 Å². The maximum Gasteiger partial charge on any atom is 0.249 e. The van der Waals surface area contributed by atoms with Crippen LogP contribution in [0.2, 0.25) is 0 Å². The van der Waals surface area contributed by atoms with Crippen molar-refractivity contribution in [3.05, 3.63) is 23.9 Å². The van der Waals surface area contributed by atoms with Crippen molar-refractivity contribution in [2.45, 2.75) is 25.5 Å². The summed E-state index contributed by atoms with van der Waals surface area (Å²) in [6.45, 7) is 1.15. The van der Waals surface area contributed by atoms with Gasteiger partial charge in [0.1, 0.15) is 6.10 Å². The summed E-state index contributed by atoms with van der Waals surface area (Å²) in [4.78, 5) is 15.7. The Morgan fingerprint density at radius 1 is 1.71 bits per heavy atom. The zero-order chi connectivity index (χ0) is 12.1. The van der Waals surface area contributed by atoms with Gasteiger partial charge in [0.2, 0.25) is 11.8 Å². The molecule has 1 aromatic rings. The lowest BCUT2D eigenvalue weighted by Gasteiger charge is -2.10. The molecule has 1 saturated heterocycles. The van der Waals surface area contributed by atoms with Gasteiger partial charge in [-0.05, 0) is 24.5 Å². The van der Waals surface area contributed by atoms with E-state index in [2.05, 4.69) is 10.3 Å². The summed E-state index contributed by atoms with van der Waals surface area (Å²) in [5, 5.41) is 2.84. The summed E-state index contributed by atoms with van der Waals surface area (Å²) in [6, 6.07) is 3.65. The molecular formula is C12H16N2O3. The second-order valence-corrected chi connectivity index (χ2v) is 3.93. The van der Waals surface area contributed by atoms with Crippen LogP contribution in [0.5, 0.6) is 5.88 Å². The maximum absolute atomic E-state index is 11.7. The van der Waals surface area contributed by atoms with Gasteiger partial charge in [0.15, 0.2) is 0 Å². The second kappa shape index (κ2) is 5.63. The molecule has 0 unspecified atom stereocenters. The quantitative estimate of drug-likeness (QED) is 0.843. The fraction of sp³-hybridized carbons (Fsp3) is 0.500. The van der Waals surface area contributed by atoms with E-state index in [1.807, 2.05) is 6.07 Å². The predicted molar refractivity (Wildman–Crippen MR) is 61.6 cm³/mol. The van der Waals surface area contributed by atoms with E-state index >= 15 is 0 Å². The molecule has 1 amide bonds.